The van der Waals surface area contributed by atoms with E-state index in [-0.39, 0.29) is 0 Å². The highest BCUT2D eigenvalue weighted by atomic mass is 16.3. The van der Waals surface area contributed by atoms with Gasteiger partial charge in [-0.2, -0.15) is 0 Å². The average molecular weight is 253 g/mol. The third-order valence-electron chi connectivity index (χ3n) is 2.72. The molecular weight excluding hydrogens is 242 g/mol. The van der Waals surface area contributed by atoms with Gasteiger partial charge in [0.05, 0.1) is 0 Å². The van der Waals surface area contributed by atoms with Crippen LogP contribution in [0.15, 0.2) is 65.8 Å². The molecule has 0 fully saturated rings. The monoisotopic (exact) mass is 253 g/mol. The Morgan fingerprint density at radius 1 is 0.737 bits per heavy atom. The number of benzene rings is 2. The molecule has 2 aromatic carbocycles. The zero-order chi connectivity index (χ0) is 13.7. The van der Waals surface area contributed by atoms with Gasteiger partial charge in [0.1, 0.15) is 0 Å². The molecule has 0 spiro atoms. The molecule has 0 aromatic heterocycles. The Labute approximate surface area is 110 Å². The third-order valence-corrected chi connectivity index (χ3v) is 2.72. The SMILES string of the molecule is O=NC(C(=O)c1ccccc1)C(=O)c1ccccc1. The Hall–Kier alpha value is -2.62. The van der Waals surface area contributed by atoms with Crippen LogP contribution in [0.4, 0.5) is 0 Å². The molecule has 0 atom stereocenters. The summed E-state index contributed by atoms with van der Waals surface area (Å²) >= 11 is 0. The summed E-state index contributed by atoms with van der Waals surface area (Å²) in [5.41, 5.74) is 0.604. The van der Waals surface area contributed by atoms with Crippen molar-refractivity contribution >= 4 is 11.6 Å². The number of nitroso groups, excluding NO2 is 1. The van der Waals surface area contributed by atoms with Crippen LogP contribution >= 0.6 is 0 Å². The van der Waals surface area contributed by atoms with E-state index in [0.29, 0.717) is 11.1 Å². The predicted octanol–water partition coefficient (Wildman–Crippen LogP) is 2.89. The molecule has 0 saturated heterocycles. The number of hydrogen-bond donors (Lipinski definition) is 0. The van der Waals surface area contributed by atoms with Gasteiger partial charge in [0.15, 0.2) is 11.6 Å². The zero-order valence-corrected chi connectivity index (χ0v) is 10.0. The highest BCUT2D eigenvalue weighted by molar-refractivity contribution is 6.19. The molecular formula is C15H11NO3. The number of carbonyl (C=O) groups excluding carboxylic acids is 2. The summed E-state index contributed by atoms with van der Waals surface area (Å²) in [4.78, 5) is 35.0. The van der Waals surface area contributed by atoms with E-state index in [9.17, 15) is 14.5 Å². The van der Waals surface area contributed by atoms with Gasteiger partial charge in [-0.1, -0.05) is 60.7 Å². The van der Waals surface area contributed by atoms with E-state index < -0.39 is 17.6 Å². The van der Waals surface area contributed by atoms with Crippen molar-refractivity contribution in [3.05, 3.63) is 76.7 Å². The fourth-order valence-corrected chi connectivity index (χ4v) is 1.74. The zero-order valence-electron chi connectivity index (χ0n) is 10.0. The van der Waals surface area contributed by atoms with Crippen molar-refractivity contribution in [3.63, 3.8) is 0 Å². The van der Waals surface area contributed by atoms with Crippen LogP contribution in [0.2, 0.25) is 0 Å². The highest BCUT2D eigenvalue weighted by Crippen LogP contribution is 2.12. The van der Waals surface area contributed by atoms with Crippen molar-refractivity contribution in [2.45, 2.75) is 6.04 Å². The van der Waals surface area contributed by atoms with Crippen LogP contribution in [-0.4, -0.2) is 17.6 Å². The standard InChI is InChI=1S/C15H11NO3/c17-14(11-7-3-1-4-8-11)13(16-19)15(18)12-9-5-2-6-10-12/h1-10,13H. The molecule has 0 aliphatic carbocycles. The normalized spacial score (nSPS) is 10.2. The minimum Gasteiger partial charge on any atom is -0.291 e. The van der Waals surface area contributed by atoms with Gasteiger partial charge < -0.3 is 0 Å². The van der Waals surface area contributed by atoms with Crippen LogP contribution < -0.4 is 0 Å². The molecule has 4 nitrogen and oxygen atoms in total. The maximum atomic E-state index is 12.1. The summed E-state index contributed by atoms with van der Waals surface area (Å²) in [6.07, 6.45) is 0. The molecule has 0 heterocycles. The van der Waals surface area contributed by atoms with Gasteiger partial charge in [0, 0.05) is 11.1 Å². The second-order valence-electron chi connectivity index (χ2n) is 3.97. The lowest BCUT2D eigenvalue weighted by Gasteiger charge is -2.07. The first-order chi connectivity index (χ1) is 9.24. The van der Waals surface area contributed by atoms with Gasteiger partial charge in [0.25, 0.3) is 0 Å². The van der Waals surface area contributed by atoms with Gasteiger partial charge in [-0.05, 0) is 5.18 Å². The minimum atomic E-state index is -1.52. The molecule has 0 N–H and O–H groups in total. The molecule has 0 bridgehead atoms. The van der Waals surface area contributed by atoms with E-state index in [4.69, 9.17) is 0 Å². The summed E-state index contributed by atoms with van der Waals surface area (Å²) in [5.74, 6) is -1.16. The first kappa shape index (κ1) is 12.8. The van der Waals surface area contributed by atoms with Gasteiger partial charge in [0.2, 0.25) is 6.04 Å². The maximum absolute atomic E-state index is 12.1. The largest absolute Gasteiger partial charge is 0.291 e. The smallest absolute Gasteiger partial charge is 0.217 e. The molecule has 2 rings (SSSR count). The predicted molar refractivity (Wildman–Crippen MR) is 71.1 cm³/mol. The Bertz CT molecular complexity index is 542. The fraction of sp³-hybridized carbons (Fsp3) is 0.0667. The number of rotatable bonds is 5. The summed E-state index contributed by atoms with van der Waals surface area (Å²) in [6.45, 7) is 0. The van der Waals surface area contributed by atoms with Gasteiger partial charge in [-0.3, -0.25) is 9.59 Å². The summed E-state index contributed by atoms with van der Waals surface area (Å²) < 4.78 is 0. The molecule has 2 aromatic rings. The number of nitrogens with zero attached hydrogens (tertiary/aromatic N) is 1. The fourth-order valence-electron chi connectivity index (χ4n) is 1.74. The summed E-state index contributed by atoms with van der Waals surface area (Å²) in [5, 5.41) is 2.69. The van der Waals surface area contributed by atoms with E-state index in [1.165, 1.54) is 0 Å². The van der Waals surface area contributed by atoms with Crippen LogP contribution in [0.1, 0.15) is 20.7 Å². The number of Topliss-reactive ketones (excluding diaryl/α,β-unsaturated/α-hetero) is 2. The van der Waals surface area contributed by atoms with E-state index in [0.717, 1.165) is 0 Å². The van der Waals surface area contributed by atoms with E-state index in [2.05, 4.69) is 5.18 Å². The Morgan fingerprint density at radius 3 is 1.42 bits per heavy atom. The average Bonchev–Trinajstić information content (AvgIpc) is 2.49. The molecule has 0 amide bonds. The van der Waals surface area contributed by atoms with E-state index in [1.54, 1.807) is 60.7 Å². The number of hydrogen-bond acceptors (Lipinski definition) is 4. The van der Waals surface area contributed by atoms with Crippen molar-refractivity contribution in [2.75, 3.05) is 0 Å². The van der Waals surface area contributed by atoms with Gasteiger partial charge in [-0.15, -0.1) is 4.91 Å². The molecule has 0 aliphatic rings. The molecule has 19 heavy (non-hydrogen) atoms. The van der Waals surface area contributed by atoms with Crippen LogP contribution in [0.25, 0.3) is 0 Å². The molecule has 0 aliphatic heterocycles. The maximum Gasteiger partial charge on any atom is 0.217 e. The number of ketones is 2. The van der Waals surface area contributed by atoms with Crippen molar-refractivity contribution in [3.8, 4) is 0 Å². The summed E-state index contributed by atoms with van der Waals surface area (Å²) in [6, 6.07) is 14.9. The lowest BCUT2D eigenvalue weighted by Crippen LogP contribution is -2.28. The van der Waals surface area contributed by atoms with Crippen molar-refractivity contribution < 1.29 is 9.59 Å². The van der Waals surface area contributed by atoms with Crippen LogP contribution in [0.5, 0.6) is 0 Å². The second kappa shape index (κ2) is 5.82. The van der Waals surface area contributed by atoms with Crippen molar-refractivity contribution in [1.82, 2.24) is 0 Å². The second-order valence-corrected chi connectivity index (χ2v) is 3.97. The Kier molecular flexibility index (Phi) is 3.93. The lowest BCUT2D eigenvalue weighted by atomic mass is 9.97. The minimum absolute atomic E-state index is 0.302. The van der Waals surface area contributed by atoms with Crippen LogP contribution in [-0.2, 0) is 0 Å². The summed E-state index contributed by atoms with van der Waals surface area (Å²) in [7, 11) is 0. The van der Waals surface area contributed by atoms with Crippen LogP contribution in [0, 0.1) is 4.91 Å². The first-order valence-electron chi connectivity index (χ1n) is 5.75. The molecule has 4 heteroatoms. The van der Waals surface area contributed by atoms with Crippen molar-refractivity contribution in [1.29, 1.82) is 0 Å². The third kappa shape index (κ3) is 2.80. The number of carbonyl (C=O) groups is 2. The van der Waals surface area contributed by atoms with Gasteiger partial charge >= 0.3 is 0 Å². The quantitative estimate of drug-likeness (QED) is 0.467. The molecule has 0 radical (unpaired) electrons. The highest BCUT2D eigenvalue weighted by Gasteiger charge is 2.29. The van der Waals surface area contributed by atoms with Crippen molar-refractivity contribution in [2.24, 2.45) is 5.18 Å². The Morgan fingerprint density at radius 2 is 1.11 bits per heavy atom. The molecule has 0 saturated carbocycles. The Balaban J connectivity index is 2.29. The van der Waals surface area contributed by atoms with E-state index >= 15 is 0 Å². The topological polar surface area (TPSA) is 63.6 Å². The van der Waals surface area contributed by atoms with Gasteiger partial charge in [-0.25, -0.2) is 0 Å². The van der Waals surface area contributed by atoms with E-state index in [1.807, 2.05) is 0 Å². The molecule has 0 unspecified atom stereocenters. The van der Waals surface area contributed by atoms with Crippen LogP contribution in [0.3, 0.4) is 0 Å². The lowest BCUT2D eigenvalue weighted by molar-refractivity contribution is 0.0864. The first-order valence-corrected chi connectivity index (χ1v) is 5.75. The molecule has 94 valence electrons.